The molecule has 0 saturated heterocycles. The quantitative estimate of drug-likeness (QED) is 0.665. The van der Waals surface area contributed by atoms with Crippen LogP contribution in [-0.4, -0.2) is 32.8 Å². The highest BCUT2D eigenvalue weighted by molar-refractivity contribution is 7.93. The average molecular weight is 404 g/mol. The lowest BCUT2D eigenvalue weighted by atomic mass is 10.1. The van der Waals surface area contributed by atoms with Crippen LogP contribution in [0.15, 0.2) is 42.5 Å². The van der Waals surface area contributed by atoms with E-state index in [4.69, 9.17) is 9.47 Å². The Labute approximate surface area is 165 Å². The van der Waals surface area contributed by atoms with Crippen LogP contribution in [0.2, 0.25) is 0 Å². The molecular weight excluding hydrogens is 380 g/mol. The molecule has 1 aliphatic carbocycles. The summed E-state index contributed by atoms with van der Waals surface area (Å²) in [6.07, 6.45) is 1.29. The molecule has 0 aromatic heterocycles. The monoisotopic (exact) mass is 404 g/mol. The molecule has 1 aliphatic rings. The van der Waals surface area contributed by atoms with Gasteiger partial charge in [-0.3, -0.25) is 9.52 Å². The molecule has 1 fully saturated rings. The number of anilines is 2. The van der Waals surface area contributed by atoms with Gasteiger partial charge in [-0.25, -0.2) is 8.42 Å². The summed E-state index contributed by atoms with van der Waals surface area (Å²) >= 11 is 0. The highest BCUT2D eigenvalue weighted by atomic mass is 32.2. The first-order chi connectivity index (χ1) is 13.4. The molecule has 1 amide bonds. The summed E-state index contributed by atoms with van der Waals surface area (Å²) in [6, 6.07) is 11.7. The third-order valence-corrected chi connectivity index (χ3v) is 6.05. The number of para-hydroxylation sites is 1. The topological polar surface area (TPSA) is 93.7 Å². The van der Waals surface area contributed by atoms with Crippen molar-refractivity contribution in [3.63, 3.8) is 0 Å². The Hall–Kier alpha value is -2.74. The highest BCUT2D eigenvalue weighted by Crippen LogP contribution is 2.32. The Bertz CT molecular complexity index is 955. The minimum absolute atomic E-state index is 0.239. The standard InChI is InChI=1S/C20H24N2O5S/c1-3-26-14-9-12-18(19(13-14)27-4-2)21-20(23)16-7-5-6-8-17(16)22-28(24,25)15-10-11-15/h5-9,12-13,15,22H,3-4,10-11H2,1-2H3,(H,21,23). The van der Waals surface area contributed by atoms with Gasteiger partial charge in [0, 0.05) is 6.07 Å². The minimum Gasteiger partial charge on any atom is -0.494 e. The zero-order valence-corrected chi connectivity index (χ0v) is 16.7. The van der Waals surface area contributed by atoms with Crippen LogP contribution in [0.3, 0.4) is 0 Å². The molecule has 150 valence electrons. The van der Waals surface area contributed by atoms with Crippen molar-refractivity contribution in [3.8, 4) is 11.5 Å². The van der Waals surface area contributed by atoms with Gasteiger partial charge in [0.15, 0.2) is 0 Å². The van der Waals surface area contributed by atoms with E-state index < -0.39 is 15.9 Å². The summed E-state index contributed by atoms with van der Waals surface area (Å²) in [7, 11) is -3.47. The van der Waals surface area contributed by atoms with Gasteiger partial charge in [0.1, 0.15) is 11.5 Å². The summed E-state index contributed by atoms with van der Waals surface area (Å²) in [5, 5.41) is 2.42. The Balaban J connectivity index is 1.83. The number of hydrogen-bond donors (Lipinski definition) is 2. The number of ether oxygens (including phenoxy) is 2. The number of rotatable bonds is 9. The van der Waals surface area contributed by atoms with Crippen LogP contribution in [0.1, 0.15) is 37.0 Å². The van der Waals surface area contributed by atoms with Crippen LogP contribution in [0.4, 0.5) is 11.4 Å². The second kappa shape index (κ2) is 8.52. The molecule has 0 aliphatic heterocycles. The molecule has 8 heteroatoms. The molecule has 2 N–H and O–H groups in total. The first kappa shape index (κ1) is 20.0. The van der Waals surface area contributed by atoms with Crippen molar-refractivity contribution in [1.82, 2.24) is 0 Å². The largest absolute Gasteiger partial charge is 0.494 e. The van der Waals surface area contributed by atoms with Crippen molar-refractivity contribution in [2.45, 2.75) is 31.9 Å². The van der Waals surface area contributed by atoms with Gasteiger partial charge in [0.2, 0.25) is 10.0 Å². The molecule has 0 unspecified atom stereocenters. The number of amides is 1. The van der Waals surface area contributed by atoms with Gasteiger partial charge in [-0.2, -0.15) is 0 Å². The molecule has 3 rings (SSSR count). The van der Waals surface area contributed by atoms with E-state index in [9.17, 15) is 13.2 Å². The summed E-state index contributed by atoms with van der Waals surface area (Å²) in [5.41, 5.74) is 0.981. The fourth-order valence-electron chi connectivity index (χ4n) is 2.71. The van der Waals surface area contributed by atoms with Crippen LogP contribution < -0.4 is 19.5 Å². The zero-order chi connectivity index (χ0) is 20.1. The lowest BCUT2D eigenvalue weighted by molar-refractivity contribution is 0.102. The lowest BCUT2D eigenvalue weighted by Crippen LogP contribution is -2.21. The summed E-state index contributed by atoms with van der Waals surface area (Å²) < 4.78 is 38.1. The van der Waals surface area contributed by atoms with E-state index in [0.717, 1.165) is 0 Å². The summed E-state index contributed by atoms with van der Waals surface area (Å²) in [4.78, 5) is 12.8. The lowest BCUT2D eigenvalue weighted by Gasteiger charge is -2.15. The van der Waals surface area contributed by atoms with E-state index in [2.05, 4.69) is 10.0 Å². The van der Waals surface area contributed by atoms with Gasteiger partial charge in [0.05, 0.1) is 35.4 Å². The first-order valence-electron chi connectivity index (χ1n) is 9.26. The van der Waals surface area contributed by atoms with Crippen molar-refractivity contribution in [3.05, 3.63) is 48.0 Å². The van der Waals surface area contributed by atoms with Crippen molar-refractivity contribution in [2.75, 3.05) is 23.3 Å². The van der Waals surface area contributed by atoms with Gasteiger partial charge in [0.25, 0.3) is 5.91 Å². The Morgan fingerprint density at radius 2 is 1.75 bits per heavy atom. The Morgan fingerprint density at radius 3 is 2.43 bits per heavy atom. The van der Waals surface area contributed by atoms with E-state index >= 15 is 0 Å². The molecular formula is C20H24N2O5S. The van der Waals surface area contributed by atoms with E-state index in [1.807, 2.05) is 13.8 Å². The van der Waals surface area contributed by atoms with Gasteiger partial charge in [-0.1, -0.05) is 12.1 Å². The van der Waals surface area contributed by atoms with Crippen LogP contribution in [0, 0.1) is 0 Å². The van der Waals surface area contributed by atoms with Gasteiger partial charge >= 0.3 is 0 Å². The smallest absolute Gasteiger partial charge is 0.257 e. The van der Waals surface area contributed by atoms with E-state index in [0.29, 0.717) is 43.2 Å². The SMILES string of the molecule is CCOc1ccc(NC(=O)c2ccccc2NS(=O)(=O)C2CC2)c(OCC)c1. The molecule has 0 bridgehead atoms. The molecule has 0 heterocycles. The fraction of sp³-hybridized carbons (Fsp3) is 0.350. The number of hydrogen-bond acceptors (Lipinski definition) is 5. The Morgan fingerprint density at radius 1 is 1.04 bits per heavy atom. The van der Waals surface area contributed by atoms with Crippen LogP contribution in [0.5, 0.6) is 11.5 Å². The van der Waals surface area contributed by atoms with Gasteiger partial charge in [-0.15, -0.1) is 0 Å². The number of sulfonamides is 1. The van der Waals surface area contributed by atoms with Crippen molar-refractivity contribution < 1.29 is 22.7 Å². The second-order valence-electron chi connectivity index (χ2n) is 6.37. The Kier molecular flexibility index (Phi) is 6.08. The third-order valence-electron chi connectivity index (χ3n) is 4.20. The molecule has 0 atom stereocenters. The molecule has 1 saturated carbocycles. The molecule has 7 nitrogen and oxygen atoms in total. The van der Waals surface area contributed by atoms with E-state index in [-0.39, 0.29) is 16.5 Å². The van der Waals surface area contributed by atoms with Crippen molar-refractivity contribution in [2.24, 2.45) is 0 Å². The molecule has 2 aromatic carbocycles. The normalized spacial score (nSPS) is 13.6. The van der Waals surface area contributed by atoms with Crippen molar-refractivity contribution >= 4 is 27.3 Å². The highest BCUT2D eigenvalue weighted by Gasteiger charge is 2.36. The first-order valence-corrected chi connectivity index (χ1v) is 10.8. The van der Waals surface area contributed by atoms with Crippen LogP contribution in [-0.2, 0) is 10.0 Å². The molecule has 28 heavy (non-hydrogen) atoms. The van der Waals surface area contributed by atoms with Crippen LogP contribution >= 0.6 is 0 Å². The third kappa shape index (κ3) is 4.75. The second-order valence-corrected chi connectivity index (χ2v) is 8.33. The van der Waals surface area contributed by atoms with Crippen molar-refractivity contribution in [1.29, 1.82) is 0 Å². The van der Waals surface area contributed by atoms with Crippen LogP contribution in [0.25, 0.3) is 0 Å². The molecule has 0 radical (unpaired) electrons. The van der Waals surface area contributed by atoms with Gasteiger partial charge in [-0.05, 0) is 51.0 Å². The number of nitrogens with one attached hydrogen (secondary N) is 2. The predicted octanol–water partition coefficient (Wildman–Crippen LogP) is 3.64. The summed E-state index contributed by atoms with van der Waals surface area (Å²) in [6.45, 7) is 4.68. The summed E-state index contributed by atoms with van der Waals surface area (Å²) in [5.74, 6) is 0.693. The predicted molar refractivity (Wildman–Crippen MR) is 109 cm³/mol. The molecule has 2 aromatic rings. The number of carbonyl (C=O) groups is 1. The maximum Gasteiger partial charge on any atom is 0.257 e. The van der Waals surface area contributed by atoms with E-state index in [1.54, 1.807) is 42.5 Å². The maximum atomic E-state index is 12.8. The number of carbonyl (C=O) groups excluding carboxylic acids is 1. The van der Waals surface area contributed by atoms with Gasteiger partial charge < -0.3 is 14.8 Å². The average Bonchev–Trinajstić information content (AvgIpc) is 3.50. The minimum atomic E-state index is -3.47. The molecule has 0 spiro atoms. The van der Waals surface area contributed by atoms with E-state index in [1.165, 1.54) is 0 Å². The maximum absolute atomic E-state index is 12.8. The fourth-order valence-corrected chi connectivity index (χ4v) is 4.12. The zero-order valence-electron chi connectivity index (χ0n) is 15.9. The number of benzene rings is 2.